The van der Waals surface area contributed by atoms with Crippen LogP contribution in [-0.2, 0) is 0 Å². The quantitative estimate of drug-likeness (QED) is 0.652. The Bertz CT molecular complexity index is 434. The second-order valence-electron chi connectivity index (χ2n) is 8.25. The maximum atomic E-state index is 11.0. The van der Waals surface area contributed by atoms with Gasteiger partial charge >= 0.3 is 0 Å². The molecule has 0 spiro atoms. The first-order valence-corrected chi connectivity index (χ1v) is 8.51. The van der Waals surface area contributed by atoms with Crippen LogP contribution in [0.3, 0.4) is 0 Å². The van der Waals surface area contributed by atoms with E-state index in [-0.39, 0.29) is 29.0 Å². The lowest BCUT2D eigenvalue weighted by Crippen LogP contribution is -2.54. The summed E-state index contributed by atoms with van der Waals surface area (Å²) in [6.45, 7) is 8.61. The zero-order valence-electron chi connectivity index (χ0n) is 13.4. The van der Waals surface area contributed by atoms with Crippen molar-refractivity contribution in [3.8, 4) is 0 Å². The predicted octanol–water partition coefficient (Wildman–Crippen LogP) is 2.64. The highest BCUT2D eigenvalue weighted by molar-refractivity contribution is 5.21. The monoisotopic (exact) mass is 294 g/mol. The molecule has 3 heteroatoms. The van der Waals surface area contributed by atoms with Gasteiger partial charge in [0, 0.05) is 0 Å². The van der Waals surface area contributed by atoms with Crippen molar-refractivity contribution in [1.29, 1.82) is 0 Å². The van der Waals surface area contributed by atoms with Crippen LogP contribution >= 0.6 is 0 Å². The van der Waals surface area contributed by atoms with E-state index in [1.165, 1.54) is 5.57 Å². The number of hydrogen-bond acceptors (Lipinski definition) is 3. The Morgan fingerprint density at radius 2 is 1.71 bits per heavy atom. The molecule has 120 valence electrons. The van der Waals surface area contributed by atoms with Gasteiger partial charge in [-0.2, -0.15) is 0 Å². The lowest BCUT2D eigenvalue weighted by molar-refractivity contribution is -0.143. The van der Waals surface area contributed by atoms with E-state index < -0.39 is 6.10 Å². The Kier molecular flexibility index (Phi) is 3.75. The van der Waals surface area contributed by atoms with Gasteiger partial charge in [0.15, 0.2) is 0 Å². The summed E-state index contributed by atoms with van der Waals surface area (Å²) < 4.78 is 0. The molecule has 3 nitrogen and oxygen atoms in total. The molecule has 0 saturated heterocycles. The smallest absolute Gasteiger partial charge is 0.0622 e. The minimum atomic E-state index is -0.505. The molecule has 3 fully saturated rings. The van der Waals surface area contributed by atoms with Crippen LogP contribution in [0.4, 0.5) is 0 Å². The molecule has 0 aromatic heterocycles. The average molecular weight is 294 g/mol. The summed E-state index contributed by atoms with van der Waals surface area (Å²) in [6.07, 6.45) is 4.85. The van der Waals surface area contributed by atoms with Crippen molar-refractivity contribution >= 4 is 0 Å². The molecule has 3 saturated carbocycles. The number of fused-ring (bicyclic) bond motifs is 1. The van der Waals surface area contributed by atoms with Crippen LogP contribution in [0.2, 0.25) is 0 Å². The van der Waals surface area contributed by atoms with Crippen LogP contribution in [-0.4, -0.2) is 33.6 Å². The molecule has 7 atom stereocenters. The van der Waals surface area contributed by atoms with E-state index in [0.29, 0.717) is 12.3 Å². The van der Waals surface area contributed by atoms with Gasteiger partial charge in [-0.3, -0.25) is 0 Å². The zero-order chi connectivity index (χ0) is 15.4. The van der Waals surface area contributed by atoms with Crippen molar-refractivity contribution in [2.24, 2.45) is 22.7 Å². The molecule has 0 radical (unpaired) electrons. The van der Waals surface area contributed by atoms with Crippen molar-refractivity contribution in [1.82, 2.24) is 0 Å². The highest BCUT2D eigenvalue weighted by Gasteiger charge is 2.56. The Balaban J connectivity index is 1.83. The van der Waals surface area contributed by atoms with Crippen LogP contribution in [0.1, 0.15) is 58.8 Å². The highest BCUT2D eigenvalue weighted by Crippen LogP contribution is 2.60. The number of rotatable bonds is 1. The minimum absolute atomic E-state index is 0.0887. The van der Waals surface area contributed by atoms with Crippen LogP contribution in [0, 0.1) is 22.7 Å². The average Bonchev–Trinajstić information content (AvgIpc) is 2.72. The van der Waals surface area contributed by atoms with Gasteiger partial charge in [-0.15, -0.1) is 0 Å². The van der Waals surface area contributed by atoms with E-state index in [1.54, 1.807) is 0 Å². The maximum absolute atomic E-state index is 11.0. The summed E-state index contributed by atoms with van der Waals surface area (Å²) in [5.41, 5.74) is 1.13. The molecule has 3 aliphatic carbocycles. The summed E-state index contributed by atoms with van der Waals surface area (Å²) in [5, 5.41) is 31.3. The van der Waals surface area contributed by atoms with Crippen molar-refractivity contribution in [2.75, 3.05) is 0 Å². The van der Waals surface area contributed by atoms with Crippen molar-refractivity contribution in [3.05, 3.63) is 12.2 Å². The van der Waals surface area contributed by atoms with Crippen molar-refractivity contribution in [2.45, 2.75) is 77.1 Å². The largest absolute Gasteiger partial charge is 0.393 e. The summed E-state index contributed by atoms with van der Waals surface area (Å²) >= 11 is 0. The Morgan fingerprint density at radius 3 is 2.38 bits per heavy atom. The van der Waals surface area contributed by atoms with Gasteiger partial charge in [0.2, 0.25) is 0 Å². The summed E-state index contributed by atoms with van der Waals surface area (Å²) in [5.74, 6) is 0.434. The molecule has 0 aromatic carbocycles. The van der Waals surface area contributed by atoms with Crippen LogP contribution in [0.25, 0.3) is 0 Å². The minimum Gasteiger partial charge on any atom is -0.393 e. The van der Waals surface area contributed by atoms with E-state index in [1.807, 2.05) is 0 Å². The molecule has 3 N–H and O–H groups in total. The van der Waals surface area contributed by atoms with Crippen LogP contribution in [0.15, 0.2) is 12.2 Å². The molecule has 3 rings (SSSR count). The topological polar surface area (TPSA) is 60.7 Å². The summed E-state index contributed by atoms with van der Waals surface area (Å²) in [7, 11) is 0. The third kappa shape index (κ3) is 2.20. The molecule has 0 aromatic rings. The second kappa shape index (κ2) is 5.07. The first-order valence-electron chi connectivity index (χ1n) is 8.51. The van der Waals surface area contributed by atoms with Crippen LogP contribution < -0.4 is 0 Å². The van der Waals surface area contributed by atoms with Crippen molar-refractivity contribution in [3.63, 3.8) is 0 Å². The Hall–Kier alpha value is -0.380. The summed E-state index contributed by atoms with van der Waals surface area (Å²) in [6, 6.07) is 0. The van der Waals surface area contributed by atoms with Gasteiger partial charge in [-0.05, 0) is 67.6 Å². The normalized spacial score (nSPS) is 54.5. The first-order chi connectivity index (χ1) is 9.79. The fourth-order valence-corrected chi connectivity index (χ4v) is 5.45. The lowest BCUT2D eigenvalue weighted by Gasteiger charge is -2.53. The third-order valence-electron chi connectivity index (χ3n) is 7.30. The van der Waals surface area contributed by atoms with E-state index in [9.17, 15) is 15.3 Å². The molecular weight excluding hydrogens is 264 g/mol. The number of allylic oxidation sites excluding steroid dienone is 1. The summed E-state index contributed by atoms with van der Waals surface area (Å²) in [4.78, 5) is 0. The molecule has 21 heavy (non-hydrogen) atoms. The van der Waals surface area contributed by atoms with E-state index in [4.69, 9.17) is 0 Å². The highest BCUT2D eigenvalue weighted by atomic mass is 16.3. The Morgan fingerprint density at radius 1 is 1.00 bits per heavy atom. The van der Waals surface area contributed by atoms with Gasteiger partial charge in [-0.1, -0.05) is 26.0 Å². The number of aliphatic hydroxyl groups is 3. The van der Waals surface area contributed by atoms with Gasteiger partial charge in [0.1, 0.15) is 0 Å². The Labute approximate surface area is 128 Å². The van der Waals surface area contributed by atoms with Gasteiger partial charge in [0.05, 0.1) is 18.3 Å². The van der Waals surface area contributed by atoms with Gasteiger partial charge in [0.25, 0.3) is 0 Å². The number of aliphatic hydroxyl groups excluding tert-OH is 3. The molecule has 3 aliphatic rings. The van der Waals surface area contributed by atoms with Gasteiger partial charge in [-0.25, -0.2) is 0 Å². The third-order valence-corrected chi connectivity index (χ3v) is 7.30. The van der Waals surface area contributed by atoms with Crippen LogP contribution in [0.5, 0.6) is 0 Å². The molecule has 0 amide bonds. The van der Waals surface area contributed by atoms with E-state index >= 15 is 0 Å². The fourth-order valence-electron chi connectivity index (χ4n) is 5.45. The molecule has 0 aliphatic heterocycles. The molecule has 0 heterocycles. The van der Waals surface area contributed by atoms with E-state index in [0.717, 1.165) is 38.5 Å². The SMILES string of the molecule is C=C1CCC2[C@H](O)C([C@@]3(C)CC[C@H](O)C[C@@H]3O)CC[C@]12C. The van der Waals surface area contributed by atoms with E-state index in [2.05, 4.69) is 20.4 Å². The first kappa shape index (κ1) is 15.5. The zero-order valence-corrected chi connectivity index (χ0v) is 13.4. The predicted molar refractivity (Wildman–Crippen MR) is 82.7 cm³/mol. The standard InChI is InChI=1S/C18H30O3/c1-11-4-5-13-16(21)14(7-9-17(11,13)2)18(3)8-6-12(19)10-15(18)20/h12-16,19-21H,1,4-10H2,2-3H3/t12-,13?,14?,15-,16-,17+,18+/m0/s1. The molecule has 2 unspecified atom stereocenters. The molecule has 0 bridgehead atoms. The lowest BCUT2D eigenvalue weighted by atomic mass is 9.54. The molecular formula is C18H30O3. The maximum Gasteiger partial charge on any atom is 0.0622 e. The van der Waals surface area contributed by atoms with Crippen molar-refractivity contribution < 1.29 is 15.3 Å². The fraction of sp³-hybridized carbons (Fsp3) is 0.889. The number of hydrogen-bond donors (Lipinski definition) is 3. The second-order valence-corrected chi connectivity index (χ2v) is 8.25. The van der Waals surface area contributed by atoms with Gasteiger partial charge < -0.3 is 15.3 Å².